The van der Waals surface area contributed by atoms with E-state index in [2.05, 4.69) is 34.4 Å². The number of rotatable bonds is 7. The molecule has 1 aromatic heterocycles. The van der Waals surface area contributed by atoms with Gasteiger partial charge in [0.15, 0.2) is 0 Å². The number of hydrogen-bond donors (Lipinski definition) is 2. The summed E-state index contributed by atoms with van der Waals surface area (Å²) in [6.07, 6.45) is 0. The lowest BCUT2D eigenvalue weighted by Gasteiger charge is -2.28. The van der Waals surface area contributed by atoms with Crippen molar-refractivity contribution in [1.82, 2.24) is 15.2 Å². The van der Waals surface area contributed by atoms with Gasteiger partial charge in [-0.05, 0) is 38.6 Å². The Kier molecular flexibility index (Phi) is 6.42. The molecule has 5 nitrogen and oxygen atoms in total. The van der Waals surface area contributed by atoms with Crippen molar-refractivity contribution < 1.29 is 4.79 Å². The number of hydrogen-bond acceptors (Lipinski definition) is 4. The highest BCUT2D eigenvalue weighted by molar-refractivity contribution is 6.33. The van der Waals surface area contributed by atoms with Crippen molar-refractivity contribution in [3.8, 4) is 0 Å². The first-order chi connectivity index (χ1) is 9.75. The summed E-state index contributed by atoms with van der Waals surface area (Å²) in [6.45, 7) is 8.37. The van der Waals surface area contributed by atoms with Crippen LogP contribution in [0.4, 0.5) is 5.82 Å². The summed E-state index contributed by atoms with van der Waals surface area (Å²) < 4.78 is 0. The predicted molar refractivity (Wildman–Crippen MR) is 88.1 cm³/mol. The van der Waals surface area contributed by atoms with Crippen LogP contribution in [-0.2, 0) is 0 Å². The Morgan fingerprint density at radius 1 is 1.38 bits per heavy atom. The molecule has 0 aliphatic carbocycles. The first-order valence-electron chi connectivity index (χ1n) is 7.08. The van der Waals surface area contributed by atoms with Crippen LogP contribution in [0, 0.1) is 5.41 Å². The molecule has 0 bridgehead atoms. The van der Waals surface area contributed by atoms with Gasteiger partial charge in [0.25, 0.3) is 5.91 Å². The van der Waals surface area contributed by atoms with Crippen molar-refractivity contribution >= 4 is 23.3 Å². The third-order valence-electron chi connectivity index (χ3n) is 2.89. The average Bonchev–Trinajstić information content (AvgIpc) is 2.37. The molecule has 1 heterocycles. The van der Waals surface area contributed by atoms with E-state index in [1.54, 1.807) is 12.1 Å². The standard InChI is InChI=1S/C15H25ClN4O/c1-6-17-12-8-7-11(16)13(19-12)14(21)18-9-15(2,3)10-20(4)5/h7-8H,6,9-10H2,1-5H3,(H,17,19)(H,18,21). The second-order valence-corrected chi connectivity index (χ2v) is 6.55. The maximum Gasteiger partial charge on any atom is 0.271 e. The summed E-state index contributed by atoms with van der Waals surface area (Å²) in [7, 11) is 4.03. The fourth-order valence-electron chi connectivity index (χ4n) is 2.20. The van der Waals surface area contributed by atoms with E-state index in [1.807, 2.05) is 21.0 Å². The molecule has 0 fully saturated rings. The third kappa shape index (κ3) is 5.89. The zero-order valence-electron chi connectivity index (χ0n) is 13.5. The fraction of sp³-hybridized carbons (Fsp3) is 0.600. The monoisotopic (exact) mass is 312 g/mol. The minimum atomic E-state index is -0.244. The zero-order chi connectivity index (χ0) is 16.0. The van der Waals surface area contributed by atoms with Crippen molar-refractivity contribution in [3.63, 3.8) is 0 Å². The van der Waals surface area contributed by atoms with Gasteiger partial charge < -0.3 is 15.5 Å². The van der Waals surface area contributed by atoms with Crippen LogP contribution in [0.25, 0.3) is 0 Å². The Morgan fingerprint density at radius 3 is 2.62 bits per heavy atom. The van der Waals surface area contributed by atoms with E-state index in [0.717, 1.165) is 13.1 Å². The van der Waals surface area contributed by atoms with Gasteiger partial charge in [-0.25, -0.2) is 4.98 Å². The zero-order valence-corrected chi connectivity index (χ0v) is 14.2. The Morgan fingerprint density at radius 2 is 2.05 bits per heavy atom. The van der Waals surface area contributed by atoms with Crippen molar-refractivity contribution in [2.75, 3.05) is 39.0 Å². The molecular weight excluding hydrogens is 288 g/mol. The van der Waals surface area contributed by atoms with Crippen LogP contribution >= 0.6 is 11.6 Å². The minimum Gasteiger partial charge on any atom is -0.370 e. The quantitative estimate of drug-likeness (QED) is 0.812. The van der Waals surface area contributed by atoms with Crippen LogP contribution in [0.3, 0.4) is 0 Å². The van der Waals surface area contributed by atoms with Crippen LogP contribution in [0.15, 0.2) is 12.1 Å². The first kappa shape index (κ1) is 17.7. The summed E-state index contributed by atoms with van der Waals surface area (Å²) in [5.41, 5.74) is 0.237. The summed E-state index contributed by atoms with van der Waals surface area (Å²) in [4.78, 5) is 18.6. The Bertz CT molecular complexity index is 489. The molecule has 1 aromatic rings. The van der Waals surface area contributed by atoms with E-state index in [1.165, 1.54) is 0 Å². The maximum atomic E-state index is 12.3. The van der Waals surface area contributed by atoms with Gasteiger partial charge in [0.1, 0.15) is 11.5 Å². The average molecular weight is 313 g/mol. The van der Waals surface area contributed by atoms with Crippen molar-refractivity contribution in [2.24, 2.45) is 5.41 Å². The Balaban J connectivity index is 2.73. The molecule has 0 spiro atoms. The molecular formula is C15H25ClN4O. The first-order valence-corrected chi connectivity index (χ1v) is 7.46. The number of anilines is 1. The van der Waals surface area contributed by atoms with Gasteiger partial charge >= 0.3 is 0 Å². The van der Waals surface area contributed by atoms with E-state index in [0.29, 0.717) is 17.4 Å². The Labute approximate surface area is 132 Å². The smallest absolute Gasteiger partial charge is 0.271 e. The summed E-state index contributed by atoms with van der Waals surface area (Å²) in [6, 6.07) is 3.45. The third-order valence-corrected chi connectivity index (χ3v) is 3.20. The van der Waals surface area contributed by atoms with Crippen LogP contribution in [0.1, 0.15) is 31.3 Å². The predicted octanol–water partition coefficient (Wildman–Crippen LogP) is 2.48. The molecule has 0 saturated heterocycles. The number of nitrogens with zero attached hydrogens (tertiary/aromatic N) is 2. The maximum absolute atomic E-state index is 12.3. The molecule has 118 valence electrons. The molecule has 2 N–H and O–H groups in total. The number of aromatic nitrogens is 1. The molecule has 21 heavy (non-hydrogen) atoms. The van der Waals surface area contributed by atoms with Crippen LogP contribution < -0.4 is 10.6 Å². The van der Waals surface area contributed by atoms with Gasteiger partial charge in [-0.15, -0.1) is 0 Å². The molecule has 0 radical (unpaired) electrons. The van der Waals surface area contributed by atoms with E-state index >= 15 is 0 Å². The lowest BCUT2D eigenvalue weighted by atomic mass is 9.93. The van der Waals surface area contributed by atoms with Gasteiger partial charge in [-0.3, -0.25) is 4.79 Å². The van der Waals surface area contributed by atoms with Crippen molar-refractivity contribution in [3.05, 3.63) is 22.8 Å². The normalized spacial score (nSPS) is 11.6. The fourth-order valence-corrected chi connectivity index (χ4v) is 2.39. The number of pyridine rings is 1. The SMILES string of the molecule is CCNc1ccc(Cl)c(C(=O)NCC(C)(C)CN(C)C)n1. The van der Waals surface area contributed by atoms with Crippen molar-refractivity contribution in [1.29, 1.82) is 0 Å². The van der Waals surface area contributed by atoms with Gasteiger partial charge in [0.2, 0.25) is 0 Å². The topological polar surface area (TPSA) is 57.3 Å². The molecule has 0 aliphatic heterocycles. The van der Waals surface area contributed by atoms with Gasteiger partial charge in [0.05, 0.1) is 5.02 Å². The van der Waals surface area contributed by atoms with Gasteiger partial charge in [-0.1, -0.05) is 25.4 Å². The highest BCUT2D eigenvalue weighted by atomic mass is 35.5. The lowest BCUT2D eigenvalue weighted by molar-refractivity contribution is 0.0924. The van der Waals surface area contributed by atoms with Crippen molar-refractivity contribution in [2.45, 2.75) is 20.8 Å². The Hall–Kier alpha value is -1.33. The van der Waals surface area contributed by atoms with E-state index in [9.17, 15) is 4.79 Å². The molecule has 0 unspecified atom stereocenters. The number of nitrogens with one attached hydrogen (secondary N) is 2. The number of amides is 1. The molecule has 1 rings (SSSR count). The van der Waals surface area contributed by atoms with Crippen LogP contribution in [0.5, 0.6) is 0 Å². The molecule has 0 aromatic carbocycles. The second-order valence-electron chi connectivity index (χ2n) is 6.14. The number of carbonyl (C=O) groups is 1. The molecule has 0 atom stereocenters. The van der Waals surface area contributed by atoms with Gasteiger partial charge in [0, 0.05) is 19.6 Å². The highest BCUT2D eigenvalue weighted by Crippen LogP contribution is 2.18. The van der Waals surface area contributed by atoms with Crippen LogP contribution in [-0.4, -0.2) is 49.5 Å². The second kappa shape index (κ2) is 7.61. The largest absolute Gasteiger partial charge is 0.370 e. The molecule has 6 heteroatoms. The lowest BCUT2D eigenvalue weighted by Crippen LogP contribution is -2.40. The summed E-state index contributed by atoms with van der Waals surface area (Å²) in [5.74, 6) is 0.409. The molecule has 0 aliphatic rings. The van der Waals surface area contributed by atoms with E-state index in [4.69, 9.17) is 11.6 Å². The number of carbonyl (C=O) groups excluding carboxylic acids is 1. The minimum absolute atomic E-state index is 0.0229. The molecule has 1 amide bonds. The summed E-state index contributed by atoms with van der Waals surface area (Å²) in [5, 5.41) is 6.35. The highest BCUT2D eigenvalue weighted by Gasteiger charge is 2.21. The number of halogens is 1. The summed E-state index contributed by atoms with van der Waals surface area (Å²) >= 11 is 6.07. The van der Waals surface area contributed by atoms with E-state index < -0.39 is 0 Å². The van der Waals surface area contributed by atoms with Gasteiger partial charge in [-0.2, -0.15) is 0 Å². The van der Waals surface area contributed by atoms with E-state index in [-0.39, 0.29) is 17.0 Å². The van der Waals surface area contributed by atoms with Crippen LogP contribution in [0.2, 0.25) is 5.02 Å². The molecule has 0 saturated carbocycles.